The highest BCUT2D eigenvalue weighted by molar-refractivity contribution is 7.91. The lowest BCUT2D eigenvalue weighted by atomic mass is 10.1. The maximum absolute atomic E-state index is 13.5. The van der Waals surface area contributed by atoms with E-state index in [1.165, 1.54) is 55.6 Å². The highest BCUT2D eigenvalue weighted by atomic mass is 32.2. The maximum atomic E-state index is 13.5. The van der Waals surface area contributed by atoms with Crippen molar-refractivity contribution < 1.29 is 31.5 Å². The molecule has 0 aromatic heterocycles. The normalized spacial score (nSPS) is 14.6. The molecule has 1 unspecified atom stereocenters. The molecule has 0 spiro atoms. The van der Waals surface area contributed by atoms with Crippen molar-refractivity contribution in [2.75, 3.05) is 24.6 Å². The molecule has 0 radical (unpaired) electrons. The van der Waals surface area contributed by atoms with Gasteiger partial charge < -0.3 is 9.84 Å². The van der Waals surface area contributed by atoms with Crippen LogP contribution in [-0.2, 0) is 24.5 Å². The van der Waals surface area contributed by atoms with Crippen LogP contribution in [0.25, 0.3) is 21.5 Å². The van der Waals surface area contributed by atoms with Crippen LogP contribution in [0, 0.1) is 6.92 Å². The third kappa shape index (κ3) is 9.42. The number of hydrogen-bond acceptors (Lipinski definition) is 14. The first-order valence-corrected chi connectivity index (χ1v) is 22.6. The molecule has 15 nitrogen and oxygen atoms in total. The zero-order valence-electron chi connectivity index (χ0n) is 34.4. The van der Waals surface area contributed by atoms with Gasteiger partial charge >= 0.3 is 0 Å². The van der Waals surface area contributed by atoms with E-state index in [-0.39, 0.29) is 43.7 Å². The van der Waals surface area contributed by atoms with E-state index in [2.05, 4.69) is 42.4 Å². The van der Waals surface area contributed by atoms with E-state index in [4.69, 9.17) is 4.74 Å². The minimum absolute atomic E-state index is 0.0860. The van der Waals surface area contributed by atoms with Crippen molar-refractivity contribution in [3.8, 4) is 11.5 Å². The molecule has 0 saturated heterocycles. The van der Waals surface area contributed by atoms with Gasteiger partial charge in [-0.1, -0.05) is 50.8 Å². The van der Waals surface area contributed by atoms with Crippen molar-refractivity contribution in [1.29, 1.82) is 0 Å². The second-order valence-electron chi connectivity index (χ2n) is 13.8. The number of anilines is 1. The van der Waals surface area contributed by atoms with Gasteiger partial charge in [-0.15, -0.1) is 10.2 Å². The van der Waals surface area contributed by atoms with Crippen LogP contribution >= 0.6 is 0 Å². The van der Waals surface area contributed by atoms with Gasteiger partial charge in [0.1, 0.15) is 17.1 Å². The Bertz CT molecular complexity index is 3070. The molecule has 6 aromatic rings. The molecular weight excluding hydrogens is 817 g/mol. The number of hydrazone groups is 1. The van der Waals surface area contributed by atoms with E-state index in [0.717, 1.165) is 28.3 Å². The summed E-state index contributed by atoms with van der Waals surface area (Å²) in [7, 11) is -5.97. The lowest BCUT2D eigenvalue weighted by Crippen LogP contribution is -2.30. The summed E-state index contributed by atoms with van der Waals surface area (Å²) in [6.45, 7) is 11.4. The van der Waals surface area contributed by atoms with Crippen LogP contribution in [0.1, 0.15) is 26.3 Å². The van der Waals surface area contributed by atoms with E-state index in [0.29, 0.717) is 33.6 Å². The predicted molar refractivity (Wildman–Crippen MR) is 238 cm³/mol. The fraction of sp³-hybridized carbons (Fsp3) is 0.182. The first-order valence-electron chi connectivity index (χ1n) is 18.8. The fourth-order valence-corrected chi connectivity index (χ4v) is 7.72. The summed E-state index contributed by atoms with van der Waals surface area (Å²) in [5.41, 5.74) is 3.14. The molecule has 0 bridgehead atoms. The van der Waals surface area contributed by atoms with Crippen molar-refractivity contribution in [1.82, 2.24) is 0 Å². The number of rotatable bonds is 11. The summed E-state index contributed by atoms with van der Waals surface area (Å²) in [5.74, 6) is -0.693. The summed E-state index contributed by atoms with van der Waals surface area (Å²) < 4.78 is 55.6. The monoisotopic (exact) mass is 858 g/mol. The molecule has 1 aliphatic rings. The Kier molecular flexibility index (Phi) is 12.7. The Morgan fingerprint density at radius 3 is 2.05 bits per heavy atom. The molecule has 0 fully saturated rings. The number of carbonyl (C=O) groups excluding carboxylic acids is 1. The Labute approximate surface area is 353 Å². The third-order valence-corrected chi connectivity index (χ3v) is 11.6. The second-order valence-corrected chi connectivity index (χ2v) is 17.8. The number of aryl methyl sites for hydroxylation is 1. The van der Waals surface area contributed by atoms with Crippen LogP contribution in [0.4, 0.5) is 34.1 Å². The molecule has 312 valence electrons. The molecule has 1 amide bonds. The van der Waals surface area contributed by atoms with Crippen molar-refractivity contribution >= 4 is 87.0 Å². The maximum Gasteiger partial charge on any atom is 0.280 e. The van der Waals surface area contributed by atoms with Gasteiger partial charge in [-0.05, 0) is 108 Å². The van der Waals surface area contributed by atoms with Gasteiger partial charge in [0.05, 0.1) is 45.4 Å². The third-order valence-electron chi connectivity index (χ3n) is 9.34. The number of aromatic hydroxyl groups is 1. The molecule has 0 aliphatic carbocycles. The number of methoxy groups -OCH3 is 1. The molecule has 17 heteroatoms. The smallest absolute Gasteiger partial charge is 0.280 e. The quantitative estimate of drug-likeness (QED) is 0.125. The van der Waals surface area contributed by atoms with Crippen LogP contribution in [-0.4, -0.2) is 59.2 Å². The molecule has 1 heterocycles. The van der Waals surface area contributed by atoms with Gasteiger partial charge in [0, 0.05) is 24.0 Å². The molecule has 1 N–H and O–H groups in total. The van der Waals surface area contributed by atoms with Gasteiger partial charge in [0.15, 0.2) is 31.5 Å². The molecule has 7 rings (SSSR count). The molecule has 0 saturated carbocycles. The number of ether oxygens (including phenoxy) is 1. The van der Waals surface area contributed by atoms with Crippen LogP contribution in [0.15, 0.2) is 161 Å². The van der Waals surface area contributed by atoms with Gasteiger partial charge in [0.25, 0.3) is 5.91 Å². The highest BCUT2D eigenvalue weighted by Gasteiger charge is 2.37. The van der Waals surface area contributed by atoms with Crippen LogP contribution in [0.2, 0.25) is 0 Å². The van der Waals surface area contributed by atoms with Crippen molar-refractivity contribution in [3.63, 3.8) is 0 Å². The first kappa shape index (κ1) is 43.6. The van der Waals surface area contributed by atoms with Crippen molar-refractivity contribution in [3.05, 3.63) is 121 Å². The van der Waals surface area contributed by atoms with Crippen molar-refractivity contribution in [2.24, 2.45) is 35.8 Å². The average Bonchev–Trinajstić information content (AvgIpc) is 3.57. The second kappa shape index (κ2) is 17.7. The standard InChI is InChI=1S/C42H36N8O7S2.C2H6/c1-24(2)38-40(42(52)50(49-38)31-14-16-32(17-15-31)58(5,53)54)48-44-30-13-18-33-28(21-30)22-37(59(6,55)56)39(41(33)51)47-46-35-19-25(3)34(23-36(35)57-4)45-43-29-12-11-26-9-7-8-10-27(26)20-29;1-2/h7-23,40,51H,1H2,2-6H3;1-2H3. The fourth-order valence-electron chi connectivity index (χ4n) is 6.26. The van der Waals surface area contributed by atoms with E-state index in [1.54, 1.807) is 19.1 Å². The first-order chi connectivity index (χ1) is 29.0. The number of amides is 1. The number of carbonyl (C=O) groups is 1. The largest absolute Gasteiger partial charge is 0.505 e. The zero-order chi connectivity index (χ0) is 44.2. The highest BCUT2D eigenvalue weighted by Crippen LogP contribution is 2.44. The van der Waals surface area contributed by atoms with Gasteiger partial charge in [0.2, 0.25) is 0 Å². The van der Waals surface area contributed by atoms with Crippen LogP contribution < -0.4 is 9.75 Å². The van der Waals surface area contributed by atoms with E-state index < -0.39 is 37.4 Å². The average molecular weight is 859 g/mol. The summed E-state index contributed by atoms with van der Waals surface area (Å²) in [6, 6.07) is 27.4. The lowest BCUT2D eigenvalue weighted by molar-refractivity contribution is -0.117. The van der Waals surface area contributed by atoms with Gasteiger partial charge in [-0.25, -0.2) is 16.8 Å². The van der Waals surface area contributed by atoms with Gasteiger partial charge in [-0.2, -0.15) is 30.6 Å². The van der Waals surface area contributed by atoms with Gasteiger partial charge in [-0.3, -0.25) is 4.79 Å². The number of sulfone groups is 2. The summed E-state index contributed by atoms with van der Waals surface area (Å²) in [6.07, 6.45) is 2.07. The number of phenolic OH excluding ortho intramolecular Hbond substituents is 1. The molecule has 1 atom stereocenters. The number of phenols is 1. The van der Waals surface area contributed by atoms with Crippen LogP contribution in [0.5, 0.6) is 11.5 Å². The van der Waals surface area contributed by atoms with Crippen LogP contribution in [0.3, 0.4) is 0 Å². The minimum atomic E-state index is -3.97. The number of nitrogens with zero attached hydrogens (tertiary/aromatic N) is 8. The number of fused-ring (bicyclic) bond motifs is 2. The molecule has 6 aromatic carbocycles. The van der Waals surface area contributed by atoms with E-state index >= 15 is 0 Å². The Morgan fingerprint density at radius 2 is 1.39 bits per heavy atom. The number of hydrogen-bond donors (Lipinski definition) is 1. The Hall–Kier alpha value is -6.98. The predicted octanol–water partition coefficient (Wildman–Crippen LogP) is 11.1. The number of azo groups is 3. The summed E-state index contributed by atoms with van der Waals surface area (Å²) in [5, 5.41) is 45.4. The Morgan fingerprint density at radius 1 is 0.754 bits per heavy atom. The topological polar surface area (TPSA) is 205 Å². The zero-order valence-corrected chi connectivity index (χ0v) is 36.0. The minimum Gasteiger partial charge on any atom is -0.505 e. The summed E-state index contributed by atoms with van der Waals surface area (Å²) >= 11 is 0. The SMILES string of the molecule is C=C(C)C1=NN(c2ccc(S(C)(=O)=O)cc2)C(=O)C1N=Nc1ccc2c(O)c(N=Nc3cc(C)c(N=Nc4ccc5ccccc5c4)cc3OC)c(S(C)(=O)=O)cc2c1.CC. The van der Waals surface area contributed by atoms with Crippen molar-refractivity contribution in [2.45, 2.75) is 43.5 Å². The van der Waals surface area contributed by atoms with E-state index in [9.17, 15) is 26.7 Å². The molecular formula is C44H42N8O7S2. The van der Waals surface area contributed by atoms with E-state index in [1.807, 2.05) is 63.2 Å². The lowest BCUT2D eigenvalue weighted by Gasteiger charge is -2.13. The molecule has 1 aliphatic heterocycles. The number of benzene rings is 6. The molecule has 61 heavy (non-hydrogen) atoms. The Balaban J connectivity index is 0.00000307. The summed E-state index contributed by atoms with van der Waals surface area (Å²) in [4.78, 5) is 13.3.